The van der Waals surface area contributed by atoms with E-state index in [1.54, 1.807) is 6.08 Å². The zero-order valence-corrected chi connectivity index (χ0v) is 9.94. The van der Waals surface area contributed by atoms with E-state index in [-0.39, 0.29) is 18.4 Å². The molecule has 2 aliphatic rings. The van der Waals surface area contributed by atoms with E-state index in [0.717, 1.165) is 0 Å². The average molecular weight is 252 g/mol. The van der Waals surface area contributed by atoms with Crippen LogP contribution >= 0.6 is 0 Å². The molecule has 2 atom stereocenters. The Morgan fingerprint density at radius 1 is 1.61 bits per heavy atom. The van der Waals surface area contributed by atoms with Gasteiger partial charge in [-0.2, -0.15) is 0 Å². The summed E-state index contributed by atoms with van der Waals surface area (Å²) < 4.78 is 0. The first-order valence-electron chi connectivity index (χ1n) is 5.77. The number of carbonyl (C=O) groups excluding carboxylic acids is 3. The number of hydrogen-bond donors (Lipinski definition) is 3. The highest BCUT2D eigenvalue weighted by Crippen LogP contribution is 2.25. The quantitative estimate of drug-likeness (QED) is 0.429. The second-order valence-electron chi connectivity index (χ2n) is 4.63. The summed E-state index contributed by atoms with van der Waals surface area (Å²) in [6.45, 7) is 4.12. The lowest BCUT2D eigenvalue weighted by molar-refractivity contribution is -0.132. The van der Waals surface area contributed by atoms with Gasteiger partial charge in [-0.15, -0.1) is 6.58 Å². The minimum atomic E-state index is -0.972. The first-order chi connectivity index (χ1) is 8.48. The molecule has 18 heavy (non-hydrogen) atoms. The van der Waals surface area contributed by atoms with Gasteiger partial charge < -0.3 is 16.0 Å². The Bertz CT molecular complexity index is 423. The van der Waals surface area contributed by atoms with Crippen molar-refractivity contribution in [2.24, 2.45) is 5.73 Å². The van der Waals surface area contributed by atoms with Crippen molar-refractivity contribution in [3.05, 3.63) is 12.7 Å². The fourth-order valence-electron chi connectivity index (χ4n) is 2.33. The lowest BCUT2D eigenvalue weighted by Crippen LogP contribution is -2.51. The summed E-state index contributed by atoms with van der Waals surface area (Å²) in [5, 5.41) is 4.77. The van der Waals surface area contributed by atoms with E-state index in [1.807, 2.05) is 0 Å². The number of urea groups is 1. The predicted molar refractivity (Wildman–Crippen MR) is 63.4 cm³/mol. The Balaban J connectivity index is 2.04. The van der Waals surface area contributed by atoms with Crippen molar-refractivity contribution >= 4 is 17.8 Å². The molecule has 2 aliphatic heterocycles. The third kappa shape index (κ3) is 1.97. The van der Waals surface area contributed by atoms with Crippen molar-refractivity contribution in [1.29, 1.82) is 0 Å². The summed E-state index contributed by atoms with van der Waals surface area (Å²) in [5.74, 6) is -0.596. The molecule has 2 fully saturated rings. The smallest absolute Gasteiger partial charge is 0.322 e. The van der Waals surface area contributed by atoms with E-state index in [2.05, 4.69) is 17.2 Å². The summed E-state index contributed by atoms with van der Waals surface area (Å²) in [5.41, 5.74) is 4.73. The number of rotatable bonds is 3. The van der Waals surface area contributed by atoms with E-state index in [4.69, 9.17) is 5.73 Å². The largest absolute Gasteiger partial charge is 0.338 e. The molecule has 0 aromatic rings. The van der Waals surface area contributed by atoms with E-state index in [1.165, 1.54) is 4.90 Å². The predicted octanol–water partition coefficient (Wildman–Crippen LogP) is -1.30. The highest BCUT2D eigenvalue weighted by Gasteiger charge is 2.51. The van der Waals surface area contributed by atoms with E-state index < -0.39 is 17.6 Å². The van der Waals surface area contributed by atoms with Gasteiger partial charge in [-0.25, -0.2) is 4.79 Å². The normalized spacial score (nSPS) is 28.2. The zero-order chi connectivity index (χ0) is 13.3. The number of imide groups is 1. The molecule has 0 saturated carbocycles. The number of carbonyl (C=O) groups is 3. The molecule has 2 saturated heterocycles. The Hall–Kier alpha value is -1.89. The lowest BCUT2D eigenvalue weighted by Gasteiger charge is -2.23. The van der Waals surface area contributed by atoms with Crippen LogP contribution < -0.4 is 16.4 Å². The third-order valence-corrected chi connectivity index (χ3v) is 3.33. The molecule has 98 valence electrons. The van der Waals surface area contributed by atoms with Crippen molar-refractivity contribution in [2.45, 2.75) is 24.4 Å². The monoisotopic (exact) mass is 252 g/mol. The molecule has 1 spiro atoms. The SMILES string of the molecule is C=CCC(N)C(=O)N1CCC2(C1)NC(=O)NC2=O. The molecule has 2 unspecified atom stereocenters. The Morgan fingerprint density at radius 3 is 2.89 bits per heavy atom. The molecule has 0 aliphatic carbocycles. The van der Waals surface area contributed by atoms with Crippen LogP contribution in [0.15, 0.2) is 12.7 Å². The number of nitrogens with zero attached hydrogens (tertiary/aromatic N) is 1. The summed E-state index contributed by atoms with van der Waals surface area (Å²) in [4.78, 5) is 36.3. The van der Waals surface area contributed by atoms with Gasteiger partial charge in [-0.1, -0.05) is 6.08 Å². The molecule has 0 radical (unpaired) electrons. The second kappa shape index (κ2) is 4.41. The van der Waals surface area contributed by atoms with E-state index >= 15 is 0 Å². The average Bonchev–Trinajstić information content (AvgIpc) is 2.84. The molecule has 7 nitrogen and oxygen atoms in total. The van der Waals surface area contributed by atoms with E-state index in [0.29, 0.717) is 19.4 Å². The molecule has 2 rings (SSSR count). The molecule has 4 amide bonds. The Labute approximate surface area is 104 Å². The van der Waals surface area contributed by atoms with Crippen LogP contribution in [0.2, 0.25) is 0 Å². The van der Waals surface area contributed by atoms with Crippen LogP contribution in [-0.4, -0.2) is 47.4 Å². The maximum absolute atomic E-state index is 12.0. The van der Waals surface area contributed by atoms with Crippen molar-refractivity contribution in [1.82, 2.24) is 15.5 Å². The summed E-state index contributed by atoms with van der Waals surface area (Å²) in [6.07, 6.45) is 2.39. The fourth-order valence-corrected chi connectivity index (χ4v) is 2.33. The second-order valence-corrected chi connectivity index (χ2v) is 4.63. The van der Waals surface area contributed by atoms with Crippen molar-refractivity contribution in [3.63, 3.8) is 0 Å². The fraction of sp³-hybridized carbons (Fsp3) is 0.545. The van der Waals surface area contributed by atoms with Gasteiger partial charge in [0.2, 0.25) is 5.91 Å². The van der Waals surface area contributed by atoms with Gasteiger partial charge in [-0.05, 0) is 12.8 Å². The minimum absolute atomic E-state index is 0.175. The van der Waals surface area contributed by atoms with Gasteiger partial charge in [0.1, 0.15) is 5.54 Å². The molecule has 0 bridgehead atoms. The van der Waals surface area contributed by atoms with Gasteiger partial charge in [0.05, 0.1) is 12.6 Å². The number of nitrogens with one attached hydrogen (secondary N) is 2. The molecule has 2 heterocycles. The first-order valence-corrected chi connectivity index (χ1v) is 5.77. The molecule has 7 heteroatoms. The van der Waals surface area contributed by atoms with E-state index in [9.17, 15) is 14.4 Å². The van der Waals surface area contributed by atoms with Crippen LogP contribution in [-0.2, 0) is 9.59 Å². The highest BCUT2D eigenvalue weighted by molar-refractivity contribution is 6.07. The van der Waals surface area contributed by atoms with Crippen LogP contribution in [0.5, 0.6) is 0 Å². The highest BCUT2D eigenvalue weighted by atomic mass is 16.2. The van der Waals surface area contributed by atoms with Gasteiger partial charge >= 0.3 is 6.03 Å². The van der Waals surface area contributed by atoms with Gasteiger partial charge in [0.15, 0.2) is 0 Å². The van der Waals surface area contributed by atoms with Gasteiger partial charge in [0.25, 0.3) is 5.91 Å². The van der Waals surface area contributed by atoms with Crippen LogP contribution in [0, 0.1) is 0 Å². The topological polar surface area (TPSA) is 105 Å². The molecular weight excluding hydrogens is 236 g/mol. The standard InChI is InChI=1S/C11H16N4O3/c1-2-3-7(12)8(16)15-5-4-11(6-15)9(17)13-10(18)14-11/h2,7H,1,3-6,12H2,(H2,13,14,17,18). The summed E-state index contributed by atoms with van der Waals surface area (Å²) in [6, 6.07) is -1.15. The first kappa shape index (κ1) is 12.6. The van der Waals surface area contributed by atoms with Gasteiger partial charge in [-0.3, -0.25) is 14.9 Å². The third-order valence-electron chi connectivity index (χ3n) is 3.33. The molecular formula is C11H16N4O3. The number of hydrogen-bond acceptors (Lipinski definition) is 4. The molecule has 0 aromatic carbocycles. The maximum atomic E-state index is 12.0. The molecule has 4 N–H and O–H groups in total. The summed E-state index contributed by atoms with van der Waals surface area (Å²) >= 11 is 0. The molecule has 0 aromatic heterocycles. The van der Waals surface area contributed by atoms with Crippen LogP contribution in [0.25, 0.3) is 0 Å². The zero-order valence-electron chi connectivity index (χ0n) is 9.94. The van der Waals surface area contributed by atoms with Crippen molar-refractivity contribution in [2.75, 3.05) is 13.1 Å². The number of likely N-dealkylation sites (tertiary alicyclic amines) is 1. The van der Waals surface area contributed by atoms with Crippen LogP contribution in [0.1, 0.15) is 12.8 Å². The summed E-state index contributed by atoms with van der Waals surface area (Å²) in [7, 11) is 0. The Kier molecular flexibility index (Phi) is 3.08. The van der Waals surface area contributed by atoms with Crippen molar-refractivity contribution in [3.8, 4) is 0 Å². The lowest BCUT2D eigenvalue weighted by atomic mass is 9.99. The Morgan fingerprint density at radius 2 is 2.33 bits per heavy atom. The number of nitrogens with two attached hydrogens (primary N) is 1. The van der Waals surface area contributed by atoms with Crippen LogP contribution in [0.3, 0.4) is 0 Å². The van der Waals surface area contributed by atoms with Gasteiger partial charge in [0, 0.05) is 6.54 Å². The van der Waals surface area contributed by atoms with Crippen molar-refractivity contribution < 1.29 is 14.4 Å². The number of amides is 4. The maximum Gasteiger partial charge on any atom is 0.322 e. The minimum Gasteiger partial charge on any atom is -0.338 e. The van der Waals surface area contributed by atoms with Crippen LogP contribution in [0.4, 0.5) is 4.79 Å².